The monoisotopic (exact) mass is 281 g/mol. The zero-order valence-electron chi connectivity index (χ0n) is 11.7. The molecular weight excluding hydrogens is 258 g/mol. The third kappa shape index (κ3) is 2.54. The summed E-state index contributed by atoms with van der Waals surface area (Å²) in [6.07, 6.45) is 6.18. The summed E-state index contributed by atoms with van der Waals surface area (Å²) in [4.78, 5) is 26.4. The second-order valence-corrected chi connectivity index (χ2v) is 6.53. The van der Waals surface area contributed by atoms with Crippen LogP contribution in [0.4, 0.5) is 0 Å². The number of hydrogen-bond acceptors (Lipinski definition) is 4. The van der Waals surface area contributed by atoms with Crippen molar-refractivity contribution in [2.75, 3.05) is 19.6 Å². The fourth-order valence-electron chi connectivity index (χ4n) is 3.58. The third-order valence-electron chi connectivity index (χ3n) is 5.09. The molecule has 3 rings (SSSR count). The quantitative estimate of drug-likeness (QED) is 0.501. The fraction of sp³-hybridized carbons (Fsp3) is 0.857. The van der Waals surface area contributed by atoms with Gasteiger partial charge in [0.2, 0.25) is 11.8 Å². The van der Waals surface area contributed by atoms with Gasteiger partial charge in [0.05, 0.1) is 12.0 Å². The molecule has 2 aliphatic heterocycles. The lowest BCUT2D eigenvalue weighted by atomic mass is 9.81. The molecule has 0 aromatic carbocycles. The molecule has 112 valence electrons. The predicted octanol–water partition coefficient (Wildman–Crippen LogP) is 0.263. The second-order valence-electron chi connectivity index (χ2n) is 6.53. The van der Waals surface area contributed by atoms with Crippen molar-refractivity contribution in [1.82, 2.24) is 15.7 Å². The lowest BCUT2D eigenvalue weighted by Gasteiger charge is -2.39. The molecule has 2 atom stereocenters. The van der Waals surface area contributed by atoms with Gasteiger partial charge in [-0.2, -0.15) is 0 Å². The standard InChI is InChI=1S/C14H23N3O3/c18-12(16-20)10-8-14(4-5-14)9-15-11(10)13(19)17-6-2-1-3-7-17/h10-11,15,20H,1-9H2,(H,16,18)/t10-,11-/m0/s1. The summed E-state index contributed by atoms with van der Waals surface area (Å²) in [5.74, 6) is -0.863. The molecule has 1 saturated carbocycles. The predicted molar refractivity (Wildman–Crippen MR) is 71.9 cm³/mol. The van der Waals surface area contributed by atoms with Crippen molar-refractivity contribution in [3.05, 3.63) is 0 Å². The van der Waals surface area contributed by atoms with Crippen LogP contribution >= 0.6 is 0 Å². The zero-order valence-corrected chi connectivity index (χ0v) is 11.7. The Morgan fingerprint density at radius 1 is 1.20 bits per heavy atom. The molecule has 0 aromatic rings. The first-order chi connectivity index (χ1) is 9.65. The Morgan fingerprint density at radius 3 is 2.50 bits per heavy atom. The topological polar surface area (TPSA) is 81.7 Å². The van der Waals surface area contributed by atoms with E-state index in [1.807, 2.05) is 4.90 Å². The minimum Gasteiger partial charge on any atom is -0.341 e. The summed E-state index contributed by atoms with van der Waals surface area (Å²) in [6.45, 7) is 2.39. The van der Waals surface area contributed by atoms with Crippen molar-refractivity contribution < 1.29 is 14.8 Å². The number of carbonyl (C=O) groups is 2. The van der Waals surface area contributed by atoms with E-state index in [2.05, 4.69) is 5.32 Å². The van der Waals surface area contributed by atoms with Crippen molar-refractivity contribution in [3.63, 3.8) is 0 Å². The van der Waals surface area contributed by atoms with E-state index in [0.717, 1.165) is 45.3 Å². The van der Waals surface area contributed by atoms with E-state index in [0.29, 0.717) is 6.42 Å². The number of nitrogens with zero attached hydrogens (tertiary/aromatic N) is 1. The summed E-state index contributed by atoms with van der Waals surface area (Å²) in [5.41, 5.74) is 1.93. The lowest BCUT2D eigenvalue weighted by Crippen LogP contribution is -2.59. The first-order valence-corrected chi connectivity index (χ1v) is 7.61. The number of carbonyl (C=O) groups excluding carboxylic acids is 2. The lowest BCUT2D eigenvalue weighted by molar-refractivity contribution is -0.145. The molecule has 2 amide bonds. The van der Waals surface area contributed by atoms with E-state index < -0.39 is 17.9 Å². The summed E-state index contributed by atoms with van der Waals surface area (Å²) in [6, 6.07) is -0.480. The van der Waals surface area contributed by atoms with Crippen LogP contribution in [0.15, 0.2) is 0 Å². The summed E-state index contributed by atoms with van der Waals surface area (Å²) in [7, 11) is 0. The molecular formula is C14H23N3O3. The number of rotatable bonds is 2. The van der Waals surface area contributed by atoms with E-state index in [-0.39, 0.29) is 11.3 Å². The molecule has 0 bridgehead atoms. The molecule has 6 heteroatoms. The average molecular weight is 281 g/mol. The zero-order chi connectivity index (χ0) is 14.2. The number of hydroxylamine groups is 1. The maximum atomic E-state index is 12.6. The van der Waals surface area contributed by atoms with Crippen LogP contribution < -0.4 is 10.8 Å². The molecule has 2 saturated heterocycles. The minimum absolute atomic E-state index is 0.0220. The van der Waals surface area contributed by atoms with Gasteiger partial charge in [-0.1, -0.05) is 0 Å². The molecule has 0 unspecified atom stereocenters. The van der Waals surface area contributed by atoms with Gasteiger partial charge < -0.3 is 10.2 Å². The van der Waals surface area contributed by atoms with Crippen LogP contribution in [0.1, 0.15) is 38.5 Å². The number of piperidine rings is 2. The molecule has 6 nitrogen and oxygen atoms in total. The summed E-state index contributed by atoms with van der Waals surface area (Å²) in [5, 5.41) is 12.2. The summed E-state index contributed by atoms with van der Waals surface area (Å²) >= 11 is 0. The SMILES string of the molecule is O=C(NO)[C@H]1CC2(CC2)CN[C@@H]1C(=O)N1CCCCC1. The van der Waals surface area contributed by atoms with Gasteiger partial charge >= 0.3 is 0 Å². The highest BCUT2D eigenvalue weighted by Gasteiger charge is 2.52. The molecule has 1 spiro atoms. The van der Waals surface area contributed by atoms with E-state index >= 15 is 0 Å². The van der Waals surface area contributed by atoms with Crippen molar-refractivity contribution in [1.29, 1.82) is 0 Å². The van der Waals surface area contributed by atoms with Gasteiger partial charge in [-0.3, -0.25) is 14.8 Å². The molecule has 3 aliphatic rings. The second kappa shape index (κ2) is 5.33. The highest BCUT2D eigenvalue weighted by molar-refractivity contribution is 5.90. The van der Waals surface area contributed by atoms with Crippen LogP contribution in [-0.2, 0) is 9.59 Å². The molecule has 1 aliphatic carbocycles. The largest absolute Gasteiger partial charge is 0.341 e. The van der Waals surface area contributed by atoms with Crippen molar-refractivity contribution in [2.24, 2.45) is 11.3 Å². The van der Waals surface area contributed by atoms with Crippen LogP contribution in [0.3, 0.4) is 0 Å². The van der Waals surface area contributed by atoms with Crippen LogP contribution in [-0.4, -0.2) is 47.6 Å². The Labute approximate surface area is 118 Å². The Hall–Kier alpha value is -1.14. The van der Waals surface area contributed by atoms with Gasteiger partial charge in [0.25, 0.3) is 0 Å². The molecule has 0 aromatic heterocycles. The van der Waals surface area contributed by atoms with E-state index in [9.17, 15) is 9.59 Å². The van der Waals surface area contributed by atoms with E-state index in [1.165, 1.54) is 6.42 Å². The van der Waals surface area contributed by atoms with Gasteiger partial charge in [0.15, 0.2) is 0 Å². The van der Waals surface area contributed by atoms with Crippen LogP contribution in [0.2, 0.25) is 0 Å². The minimum atomic E-state index is -0.480. The first-order valence-electron chi connectivity index (χ1n) is 7.61. The van der Waals surface area contributed by atoms with Crippen molar-refractivity contribution in [2.45, 2.75) is 44.6 Å². The number of hydrogen-bond donors (Lipinski definition) is 3. The Morgan fingerprint density at radius 2 is 1.90 bits per heavy atom. The van der Waals surface area contributed by atoms with E-state index in [4.69, 9.17) is 5.21 Å². The Bertz CT molecular complexity index is 402. The fourth-order valence-corrected chi connectivity index (χ4v) is 3.58. The van der Waals surface area contributed by atoms with Crippen LogP contribution in [0.25, 0.3) is 0 Å². The maximum absolute atomic E-state index is 12.6. The molecule has 0 radical (unpaired) electrons. The third-order valence-corrected chi connectivity index (χ3v) is 5.09. The maximum Gasteiger partial charge on any atom is 0.248 e. The van der Waals surface area contributed by atoms with Gasteiger partial charge in [-0.15, -0.1) is 0 Å². The smallest absolute Gasteiger partial charge is 0.248 e. The van der Waals surface area contributed by atoms with Crippen LogP contribution in [0.5, 0.6) is 0 Å². The highest BCUT2D eigenvalue weighted by atomic mass is 16.5. The Kier molecular flexibility index (Phi) is 3.69. The van der Waals surface area contributed by atoms with Crippen molar-refractivity contribution in [3.8, 4) is 0 Å². The first kappa shape index (κ1) is 13.8. The van der Waals surface area contributed by atoms with Crippen LogP contribution in [0, 0.1) is 11.3 Å². The summed E-state index contributed by atoms with van der Waals surface area (Å²) < 4.78 is 0. The van der Waals surface area contributed by atoms with Gasteiger partial charge in [0, 0.05) is 19.6 Å². The van der Waals surface area contributed by atoms with Gasteiger partial charge in [-0.05, 0) is 43.9 Å². The molecule has 2 heterocycles. The normalized spacial score (nSPS) is 31.9. The van der Waals surface area contributed by atoms with Crippen molar-refractivity contribution >= 4 is 11.8 Å². The van der Waals surface area contributed by atoms with Gasteiger partial charge in [-0.25, -0.2) is 5.48 Å². The molecule has 3 N–H and O–H groups in total. The number of nitrogens with one attached hydrogen (secondary N) is 2. The molecule has 3 fully saturated rings. The average Bonchev–Trinajstić information content (AvgIpc) is 3.25. The van der Waals surface area contributed by atoms with E-state index in [1.54, 1.807) is 5.48 Å². The number of amides is 2. The Balaban J connectivity index is 1.71. The molecule has 20 heavy (non-hydrogen) atoms. The van der Waals surface area contributed by atoms with Gasteiger partial charge in [0.1, 0.15) is 0 Å². The highest BCUT2D eigenvalue weighted by Crippen LogP contribution is 2.52. The number of likely N-dealkylation sites (tertiary alicyclic amines) is 1.